The minimum Gasteiger partial charge on any atom is -0.465 e. The number of carbonyl (C=O) groups excluding carboxylic acids is 1. The Kier molecular flexibility index (Phi) is 5.08. The molecule has 0 saturated carbocycles. The Labute approximate surface area is 115 Å². The summed E-state index contributed by atoms with van der Waals surface area (Å²) in [5, 5.41) is 2.18. The Morgan fingerprint density at radius 2 is 1.52 bits per heavy atom. The molecule has 1 N–H and O–H groups in total. The number of rotatable bonds is 4. The summed E-state index contributed by atoms with van der Waals surface area (Å²) in [7, 11) is 0. The van der Waals surface area contributed by atoms with Crippen molar-refractivity contribution in [3.05, 3.63) is 29.3 Å². The van der Waals surface area contributed by atoms with Crippen molar-refractivity contribution in [3.63, 3.8) is 0 Å². The van der Waals surface area contributed by atoms with E-state index in [9.17, 15) is 31.1 Å². The molecule has 1 rings (SSSR count). The number of carbonyl (C=O) groups is 1. The lowest BCUT2D eigenvalue weighted by Gasteiger charge is -2.15. The highest BCUT2D eigenvalue weighted by molar-refractivity contribution is 5.75. The van der Waals surface area contributed by atoms with Crippen LogP contribution in [0.5, 0.6) is 0 Å². The van der Waals surface area contributed by atoms with Crippen molar-refractivity contribution in [1.82, 2.24) is 0 Å². The molecule has 0 atom stereocenters. The summed E-state index contributed by atoms with van der Waals surface area (Å²) in [6.45, 7) is 1.04. The van der Waals surface area contributed by atoms with Crippen molar-refractivity contribution >= 4 is 11.7 Å². The molecule has 9 heteroatoms. The van der Waals surface area contributed by atoms with Gasteiger partial charge in [-0.1, -0.05) is 0 Å². The van der Waals surface area contributed by atoms with E-state index in [1.54, 1.807) is 0 Å². The zero-order chi connectivity index (χ0) is 16.3. The van der Waals surface area contributed by atoms with Crippen molar-refractivity contribution in [2.75, 3.05) is 18.5 Å². The predicted molar refractivity (Wildman–Crippen MR) is 61.6 cm³/mol. The number of halogens is 6. The SMILES string of the molecule is CCOC(=O)CNc1cc(C(F)(F)F)cc(C(F)(F)F)c1. The first kappa shape index (κ1) is 17.1. The standard InChI is InChI=1S/C12H11F6NO2/c1-2-21-10(20)6-19-9-4-7(11(13,14)15)3-8(5-9)12(16,17)18/h3-5,19H,2,6H2,1H3. The van der Waals surface area contributed by atoms with E-state index in [1.807, 2.05) is 0 Å². The second-order valence-electron chi connectivity index (χ2n) is 3.95. The summed E-state index contributed by atoms with van der Waals surface area (Å²) in [5.41, 5.74) is -3.38. The molecule has 0 aliphatic rings. The zero-order valence-electron chi connectivity index (χ0n) is 10.7. The van der Waals surface area contributed by atoms with Crippen LogP contribution in [0.1, 0.15) is 18.1 Å². The topological polar surface area (TPSA) is 38.3 Å². The molecule has 1 aromatic carbocycles. The maximum Gasteiger partial charge on any atom is 0.416 e. The van der Waals surface area contributed by atoms with Gasteiger partial charge in [-0.2, -0.15) is 26.3 Å². The molecule has 0 heterocycles. The van der Waals surface area contributed by atoms with Gasteiger partial charge in [0.15, 0.2) is 0 Å². The molecule has 1 aromatic rings. The van der Waals surface area contributed by atoms with E-state index >= 15 is 0 Å². The van der Waals surface area contributed by atoms with Gasteiger partial charge in [0.1, 0.15) is 6.54 Å². The number of ether oxygens (including phenoxy) is 1. The monoisotopic (exact) mass is 315 g/mol. The van der Waals surface area contributed by atoms with Crippen molar-refractivity contribution in [1.29, 1.82) is 0 Å². The van der Waals surface area contributed by atoms with Crippen molar-refractivity contribution in [3.8, 4) is 0 Å². The van der Waals surface area contributed by atoms with E-state index in [-0.39, 0.29) is 12.7 Å². The molecular weight excluding hydrogens is 304 g/mol. The highest BCUT2D eigenvalue weighted by atomic mass is 19.4. The van der Waals surface area contributed by atoms with Crippen molar-refractivity contribution in [2.24, 2.45) is 0 Å². The van der Waals surface area contributed by atoms with Gasteiger partial charge in [-0.3, -0.25) is 4.79 Å². The lowest BCUT2D eigenvalue weighted by atomic mass is 10.1. The first-order chi connectivity index (χ1) is 9.54. The quantitative estimate of drug-likeness (QED) is 0.680. The summed E-state index contributed by atoms with van der Waals surface area (Å²) in [6, 6.07) is 0.998. The van der Waals surface area contributed by atoms with Gasteiger partial charge in [0, 0.05) is 5.69 Å². The van der Waals surface area contributed by atoms with Crippen LogP contribution in [0.3, 0.4) is 0 Å². The summed E-state index contributed by atoms with van der Waals surface area (Å²) in [5.74, 6) is -0.788. The lowest BCUT2D eigenvalue weighted by Crippen LogP contribution is -2.18. The predicted octanol–water partition coefficient (Wildman–Crippen LogP) is 3.70. The average molecular weight is 315 g/mol. The van der Waals surface area contributed by atoms with E-state index in [4.69, 9.17) is 0 Å². The molecular formula is C12H11F6NO2. The summed E-state index contributed by atoms with van der Waals surface area (Å²) in [4.78, 5) is 11.1. The number of esters is 1. The third-order valence-corrected chi connectivity index (χ3v) is 2.33. The maximum atomic E-state index is 12.6. The minimum absolute atomic E-state index is 0.00947. The highest BCUT2D eigenvalue weighted by Gasteiger charge is 2.36. The van der Waals surface area contributed by atoms with E-state index in [1.165, 1.54) is 6.92 Å². The van der Waals surface area contributed by atoms with E-state index < -0.39 is 41.7 Å². The first-order valence-corrected chi connectivity index (χ1v) is 5.73. The van der Waals surface area contributed by atoms with Gasteiger partial charge in [0.05, 0.1) is 17.7 Å². The number of alkyl halides is 6. The fraction of sp³-hybridized carbons (Fsp3) is 0.417. The van der Waals surface area contributed by atoms with Crippen LogP contribution in [0.2, 0.25) is 0 Å². The number of nitrogens with one attached hydrogen (secondary N) is 1. The van der Waals surface area contributed by atoms with Crippen LogP contribution in [0, 0.1) is 0 Å². The smallest absolute Gasteiger partial charge is 0.416 e. The molecule has 0 spiro atoms. The molecule has 0 aliphatic carbocycles. The van der Waals surface area contributed by atoms with Gasteiger partial charge in [0.2, 0.25) is 0 Å². The molecule has 0 aromatic heterocycles. The second-order valence-corrected chi connectivity index (χ2v) is 3.95. The third-order valence-electron chi connectivity index (χ3n) is 2.33. The Morgan fingerprint density at radius 3 is 1.90 bits per heavy atom. The van der Waals surface area contributed by atoms with Crippen molar-refractivity contribution in [2.45, 2.75) is 19.3 Å². The van der Waals surface area contributed by atoms with Crippen molar-refractivity contribution < 1.29 is 35.9 Å². The number of hydrogen-bond acceptors (Lipinski definition) is 3. The van der Waals surface area contributed by atoms with Crippen LogP contribution in [-0.4, -0.2) is 19.1 Å². The van der Waals surface area contributed by atoms with E-state index in [0.29, 0.717) is 12.1 Å². The largest absolute Gasteiger partial charge is 0.465 e. The third kappa shape index (κ3) is 5.16. The van der Waals surface area contributed by atoms with Gasteiger partial charge in [-0.05, 0) is 25.1 Å². The van der Waals surface area contributed by atoms with Crippen LogP contribution < -0.4 is 5.32 Å². The van der Waals surface area contributed by atoms with Crippen LogP contribution in [0.25, 0.3) is 0 Å². The Bertz CT molecular complexity index is 477. The van der Waals surface area contributed by atoms with E-state index in [0.717, 1.165) is 0 Å². The van der Waals surface area contributed by atoms with Gasteiger partial charge in [-0.15, -0.1) is 0 Å². The molecule has 0 saturated heterocycles. The van der Waals surface area contributed by atoms with Gasteiger partial charge < -0.3 is 10.1 Å². The Morgan fingerprint density at radius 1 is 1.05 bits per heavy atom. The molecule has 0 radical (unpaired) electrons. The molecule has 0 unspecified atom stereocenters. The second kappa shape index (κ2) is 6.23. The molecule has 3 nitrogen and oxygen atoms in total. The molecule has 0 aliphatic heterocycles. The van der Waals surface area contributed by atoms with Crippen LogP contribution >= 0.6 is 0 Å². The fourth-order valence-corrected chi connectivity index (χ4v) is 1.44. The normalized spacial score (nSPS) is 12.1. The summed E-state index contributed by atoms with van der Waals surface area (Å²) in [6.07, 6.45) is -9.86. The van der Waals surface area contributed by atoms with Gasteiger partial charge >= 0.3 is 18.3 Å². The average Bonchev–Trinajstić information content (AvgIpc) is 2.34. The minimum atomic E-state index is -4.93. The van der Waals surface area contributed by atoms with Gasteiger partial charge in [0.25, 0.3) is 0 Å². The number of benzene rings is 1. The molecule has 21 heavy (non-hydrogen) atoms. The van der Waals surface area contributed by atoms with Gasteiger partial charge in [-0.25, -0.2) is 0 Å². The van der Waals surface area contributed by atoms with Crippen LogP contribution in [-0.2, 0) is 21.9 Å². The number of hydrogen-bond donors (Lipinski definition) is 1. The fourth-order valence-electron chi connectivity index (χ4n) is 1.44. The summed E-state index contributed by atoms with van der Waals surface area (Å²) >= 11 is 0. The maximum absolute atomic E-state index is 12.6. The van der Waals surface area contributed by atoms with Crippen LogP contribution in [0.15, 0.2) is 18.2 Å². The molecule has 118 valence electrons. The Hall–Kier alpha value is -1.93. The summed E-state index contributed by atoms with van der Waals surface area (Å²) < 4.78 is 79.9. The molecule has 0 amide bonds. The first-order valence-electron chi connectivity index (χ1n) is 5.73. The van der Waals surface area contributed by atoms with Crippen LogP contribution in [0.4, 0.5) is 32.0 Å². The Balaban J connectivity index is 3.06. The molecule has 0 bridgehead atoms. The zero-order valence-corrected chi connectivity index (χ0v) is 10.7. The van der Waals surface area contributed by atoms with E-state index in [2.05, 4.69) is 10.1 Å². The highest BCUT2D eigenvalue weighted by Crippen LogP contribution is 2.37. The number of anilines is 1. The molecule has 0 fully saturated rings. The lowest BCUT2D eigenvalue weighted by molar-refractivity contribution is -0.143.